The molecule has 1 aromatic carbocycles. The molecule has 3 atom stereocenters. The van der Waals surface area contributed by atoms with Crippen LogP contribution in [0.2, 0.25) is 0 Å². The van der Waals surface area contributed by atoms with E-state index in [1.807, 2.05) is 13.8 Å². The normalized spacial score (nSPS) is 19.0. The van der Waals surface area contributed by atoms with E-state index in [1.165, 1.54) is 30.2 Å². The Labute approximate surface area is 244 Å². The fourth-order valence-electron chi connectivity index (χ4n) is 5.19. The average Bonchev–Trinajstić information content (AvgIpc) is 3.58. The predicted molar refractivity (Wildman–Crippen MR) is 152 cm³/mol. The first kappa shape index (κ1) is 29.7. The van der Waals surface area contributed by atoms with E-state index in [4.69, 9.17) is 9.47 Å². The lowest BCUT2D eigenvalue weighted by Gasteiger charge is -2.22. The third-order valence-electron chi connectivity index (χ3n) is 7.65. The van der Waals surface area contributed by atoms with Gasteiger partial charge < -0.3 is 29.4 Å². The molecule has 2 aliphatic rings. The van der Waals surface area contributed by atoms with Crippen LogP contribution in [-0.4, -0.2) is 71.0 Å². The van der Waals surface area contributed by atoms with Crippen molar-refractivity contribution in [2.45, 2.75) is 51.9 Å². The fourth-order valence-corrected chi connectivity index (χ4v) is 5.19. The number of cyclic esters (lactones) is 1. The third kappa shape index (κ3) is 5.94. The molecule has 2 saturated heterocycles. The van der Waals surface area contributed by atoms with Gasteiger partial charge in [0.15, 0.2) is 23.2 Å². The Morgan fingerprint density at radius 3 is 2.65 bits per heavy atom. The van der Waals surface area contributed by atoms with Crippen LogP contribution in [0.5, 0.6) is 5.75 Å². The molecule has 12 nitrogen and oxygen atoms in total. The summed E-state index contributed by atoms with van der Waals surface area (Å²) >= 11 is 0. The highest BCUT2D eigenvalue weighted by Crippen LogP contribution is 2.31. The van der Waals surface area contributed by atoms with Gasteiger partial charge in [0.1, 0.15) is 23.4 Å². The summed E-state index contributed by atoms with van der Waals surface area (Å²) in [5.41, 5.74) is -0.830. The molecule has 228 valence electrons. The zero-order valence-corrected chi connectivity index (χ0v) is 23.8. The number of hydrogen-bond acceptors (Lipinski definition) is 8. The molecule has 0 aliphatic carbocycles. The lowest BCUT2D eigenvalue weighted by molar-refractivity contribution is -0.119. The van der Waals surface area contributed by atoms with Gasteiger partial charge in [0.25, 0.3) is 0 Å². The van der Waals surface area contributed by atoms with Crippen LogP contribution in [0.3, 0.4) is 0 Å². The van der Waals surface area contributed by atoms with Crippen LogP contribution < -0.4 is 25.3 Å². The minimum absolute atomic E-state index is 0.0182. The monoisotopic (exact) mass is 599 g/mol. The number of amides is 2. The van der Waals surface area contributed by atoms with Gasteiger partial charge in [-0.15, -0.1) is 0 Å². The number of carboxylic acids is 1. The molecule has 5 rings (SSSR count). The summed E-state index contributed by atoms with van der Waals surface area (Å²) in [6.45, 7) is 5.91. The Morgan fingerprint density at radius 1 is 1.21 bits per heavy atom. The van der Waals surface area contributed by atoms with Crippen molar-refractivity contribution in [3.63, 3.8) is 0 Å². The number of carbonyl (C=O) groups is 3. The number of carbonyl (C=O) groups excluding carboxylic acids is 2. The van der Waals surface area contributed by atoms with E-state index in [1.54, 1.807) is 9.47 Å². The Balaban J connectivity index is 1.32. The molecular formula is C29H31F2N5O7. The van der Waals surface area contributed by atoms with Gasteiger partial charge in [-0.1, -0.05) is 6.92 Å². The Hall–Kier alpha value is -4.75. The van der Waals surface area contributed by atoms with Crippen LogP contribution in [0.15, 0.2) is 35.3 Å². The van der Waals surface area contributed by atoms with Crippen molar-refractivity contribution in [1.29, 1.82) is 0 Å². The summed E-state index contributed by atoms with van der Waals surface area (Å²) < 4.78 is 43.0. The molecule has 0 spiro atoms. The first-order valence-corrected chi connectivity index (χ1v) is 13.9. The minimum Gasteiger partial charge on any atom is -0.485 e. The summed E-state index contributed by atoms with van der Waals surface area (Å²) in [6.07, 6.45) is 0.553. The smallest absolute Gasteiger partial charge is 0.414 e. The van der Waals surface area contributed by atoms with Crippen molar-refractivity contribution >= 4 is 40.5 Å². The lowest BCUT2D eigenvalue weighted by atomic mass is 10.1. The standard InChI is InChI=1S/C29H31F2N5O7/c1-4-15(2)35-14-21(28(39)40)25(38)20-10-23(31)27(33-26(20)35)34-8-7-18(12-34)42-24-6-5-17(9-22(24)30)36-13-19(43-29(36)41)11-32-16(3)37/h5-6,9-10,14-15,18-19H,4,7-8,11-13H2,1-3H3,(H,32,37)(H,39,40)/t15?,18-,19+/m1/s1. The van der Waals surface area contributed by atoms with E-state index in [9.17, 15) is 24.3 Å². The maximum Gasteiger partial charge on any atom is 0.414 e. The van der Waals surface area contributed by atoms with Gasteiger partial charge in [0, 0.05) is 38.2 Å². The number of fused-ring (bicyclic) bond motifs is 1. The minimum atomic E-state index is -1.40. The molecule has 2 fully saturated rings. The second-order valence-electron chi connectivity index (χ2n) is 10.6. The van der Waals surface area contributed by atoms with Gasteiger partial charge in [0.2, 0.25) is 11.3 Å². The van der Waals surface area contributed by atoms with E-state index in [2.05, 4.69) is 10.3 Å². The molecule has 14 heteroatoms. The van der Waals surface area contributed by atoms with Crippen molar-refractivity contribution in [1.82, 2.24) is 14.9 Å². The Morgan fingerprint density at radius 2 is 1.98 bits per heavy atom. The summed E-state index contributed by atoms with van der Waals surface area (Å²) in [7, 11) is 0. The number of anilines is 2. The summed E-state index contributed by atoms with van der Waals surface area (Å²) in [6, 6.07) is 4.90. The molecular weight excluding hydrogens is 568 g/mol. The van der Waals surface area contributed by atoms with Gasteiger partial charge in [-0.25, -0.2) is 23.4 Å². The van der Waals surface area contributed by atoms with Crippen molar-refractivity contribution in [2.24, 2.45) is 0 Å². The van der Waals surface area contributed by atoms with E-state index >= 15 is 8.78 Å². The van der Waals surface area contributed by atoms with Gasteiger partial charge in [-0.2, -0.15) is 0 Å². The molecule has 0 radical (unpaired) electrons. The average molecular weight is 600 g/mol. The zero-order chi connectivity index (χ0) is 31.0. The van der Waals surface area contributed by atoms with Crippen LogP contribution in [-0.2, 0) is 9.53 Å². The van der Waals surface area contributed by atoms with Crippen molar-refractivity contribution < 1.29 is 37.7 Å². The number of halogens is 2. The molecule has 2 amide bonds. The van der Waals surface area contributed by atoms with Crippen LogP contribution in [0.25, 0.3) is 11.0 Å². The summed E-state index contributed by atoms with van der Waals surface area (Å²) in [5.74, 6) is -3.21. The second kappa shape index (κ2) is 11.9. The van der Waals surface area contributed by atoms with Crippen molar-refractivity contribution in [3.05, 3.63) is 57.9 Å². The van der Waals surface area contributed by atoms with Crippen LogP contribution in [0.1, 0.15) is 50.0 Å². The largest absolute Gasteiger partial charge is 0.485 e. The number of aromatic nitrogens is 2. The quantitative estimate of drug-likeness (QED) is 0.378. The summed E-state index contributed by atoms with van der Waals surface area (Å²) in [5, 5.41) is 11.9. The molecule has 1 unspecified atom stereocenters. The number of pyridine rings is 2. The van der Waals surface area contributed by atoms with Gasteiger partial charge in [0.05, 0.1) is 30.7 Å². The topological polar surface area (TPSA) is 143 Å². The van der Waals surface area contributed by atoms with Gasteiger partial charge in [-0.05, 0) is 31.5 Å². The van der Waals surface area contributed by atoms with Gasteiger partial charge >= 0.3 is 12.1 Å². The highest BCUT2D eigenvalue weighted by molar-refractivity contribution is 5.92. The molecule has 4 heterocycles. The number of rotatable bonds is 9. The van der Waals surface area contributed by atoms with Crippen LogP contribution >= 0.6 is 0 Å². The number of ether oxygens (including phenoxy) is 2. The third-order valence-corrected chi connectivity index (χ3v) is 7.65. The van der Waals surface area contributed by atoms with E-state index in [0.29, 0.717) is 19.4 Å². The number of carboxylic acid groups (broad SMARTS) is 1. The summed E-state index contributed by atoms with van der Waals surface area (Å²) in [4.78, 5) is 55.2. The maximum absolute atomic E-state index is 15.3. The van der Waals surface area contributed by atoms with Gasteiger partial charge in [-0.3, -0.25) is 14.5 Å². The lowest BCUT2D eigenvalue weighted by Crippen LogP contribution is -2.33. The first-order chi connectivity index (χ1) is 20.5. The maximum atomic E-state index is 15.3. The number of benzene rings is 1. The van der Waals surface area contributed by atoms with Crippen LogP contribution in [0, 0.1) is 11.6 Å². The number of aromatic carboxylic acids is 1. The van der Waals surface area contributed by atoms with E-state index in [-0.39, 0.29) is 59.9 Å². The molecule has 43 heavy (non-hydrogen) atoms. The highest BCUT2D eigenvalue weighted by atomic mass is 19.1. The van der Waals surface area contributed by atoms with E-state index in [0.717, 1.165) is 12.1 Å². The second-order valence-corrected chi connectivity index (χ2v) is 10.6. The Kier molecular flexibility index (Phi) is 8.20. The van der Waals surface area contributed by atoms with Crippen LogP contribution in [0.4, 0.5) is 25.1 Å². The molecule has 2 aliphatic heterocycles. The number of nitrogens with zero attached hydrogens (tertiary/aromatic N) is 4. The molecule has 0 saturated carbocycles. The highest BCUT2D eigenvalue weighted by Gasteiger charge is 2.33. The number of nitrogens with one attached hydrogen (secondary N) is 1. The number of hydrogen-bond donors (Lipinski definition) is 2. The SMILES string of the molecule is CCC(C)n1cc(C(=O)O)c(=O)c2cc(F)c(N3CC[C@@H](Oc4ccc(N5C[C@H](CNC(C)=O)OC5=O)cc4F)C3)nc21. The Bertz CT molecular complexity index is 1660. The molecule has 3 aromatic rings. The fraction of sp³-hybridized carbons (Fsp3) is 0.414. The van der Waals surface area contributed by atoms with E-state index < -0.39 is 46.9 Å². The first-order valence-electron chi connectivity index (χ1n) is 13.9. The predicted octanol–water partition coefficient (Wildman–Crippen LogP) is 3.46. The van der Waals surface area contributed by atoms with Crippen molar-refractivity contribution in [3.8, 4) is 5.75 Å². The zero-order valence-electron chi connectivity index (χ0n) is 23.8. The molecule has 2 aromatic heterocycles. The van der Waals surface area contributed by atoms with Crippen molar-refractivity contribution in [2.75, 3.05) is 36.0 Å². The molecule has 2 N–H and O–H groups in total. The molecule has 0 bridgehead atoms.